The van der Waals surface area contributed by atoms with Gasteiger partial charge in [0.05, 0.1) is 17.3 Å². The summed E-state index contributed by atoms with van der Waals surface area (Å²) in [6, 6.07) is 9.07. The van der Waals surface area contributed by atoms with Crippen LogP contribution in [0.25, 0.3) is 22.6 Å². The zero-order chi connectivity index (χ0) is 24.7. The maximum absolute atomic E-state index is 13.8. The van der Waals surface area contributed by atoms with E-state index in [-0.39, 0.29) is 16.5 Å². The van der Waals surface area contributed by atoms with E-state index in [9.17, 15) is 18.3 Å². The molecule has 1 aliphatic heterocycles. The molecule has 2 N–H and O–H groups in total. The zero-order valence-electron chi connectivity index (χ0n) is 18.6. The molecule has 1 aliphatic rings. The van der Waals surface area contributed by atoms with Gasteiger partial charge in [-0.1, -0.05) is 35.1 Å². The fraction of sp³-hybridized carbons (Fsp3) is 0.250. The lowest BCUT2D eigenvalue weighted by Crippen LogP contribution is -2.44. The molecule has 0 radical (unpaired) electrons. The summed E-state index contributed by atoms with van der Waals surface area (Å²) in [6.07, 6.45) is -1.53. The zero-order valence-corrected chi connectivity index (χ0v) is 20.2. The van der Waals surface area contributed by atoms with Crippen LogP contribution in [0, 0.1) is 0 Å². The average molecular weight is 520 g/mol. The molecule has 6 nitrogen and oxygen atoms in total. The van der Waals surface area contributed by atoms with Gasteiger partial charge in [0.2, 0.25) is 5.88 Å². The van der Waals surface area contributed by atoms with Gasteiger partial charge in [-0.25, -0.2) is 0 Å². The highest BCUT2D eigenvalue weighted by Crippen LogP contribution is 2.42. The molecule has 3 heterocycles. The summed E-state index contributed by atoms with van der Waals surface area (Å²) in [5, 5.41) is 19.1. The minimum absolute atomic E-state index is 0.00571. The van der Waals surface area contributed by atoms with Gasteiger partial charge in [-0.15, -0.1) is 0 Å². The molecule has 0 unspecified atom stereocenters. The van der Waals surface area contributed by atoms with Gasteiger partial charge >= 0.3 is 6.18 Å². The standard InChI is InChI=1S/C24H21ClF3N5OS/c1-32-6-8-33(9-7-32)23-30-22(34)21(35-23)18(14-3-5-20-16(10-14)13-29-31-20)11-15-2-4-17(25)12-19(15)24(26,27)28/h2-5,10-13,34H,6-9H2,1H3,(H,29,31). The van der Waals surface area contributed by atoms with E-state index in [0.717, 1.165) is 43.1 Å². The number of piperazine rings is 1. The van der Waals surface area contributed by atoms with Crippen molar-refractivity contribution in [1.29, 1.82) is 0 Å². The van der Waals surface area contributed by atoms with E-state index in [0.29, 0.717) is 21.1 Å². The number of hydrogen-bond donors (Lipinski definition) is 2. The smallest absolute Gasteiger partial charge is 0.417 e. The van der Waals surface area contributed by atoms with Crippen LogP contribution in [0.5, 0.6) is 5.88 Å². The number of anilines is 1. The minimum Gasteiger partial charge on any atom is -0.492 e. The highest BCUT2D eigenvalue weighted by atomic mass is 35.5. The van der Waals surface area contributed by atoms with E-state index in [1.807, 2.05) is 13.1 Å². The van der Waals surface area contributed by atoms with Crippen LogP contribution >= 0.6 is 22.9 Å². The first kappa shape index (κ1) is 23.7. The number of fused-ring (bicyclic) bond motifs is 1. The molecule has 5 rings (SSSR count). The van der Waals surface area contributed by atoms with Crippen molar-refractivity contribution >= 4 is 50.6 Å². The van der Waals surface area contributed by atoms with Crippen LogP contribution in [0.4, 0.5) is 18.3 Å². The van der Waals surface area contributed by atoms with Gasteiger partial charge in [-0.2, -0.15) is 23.3 Å². The Morgan fingerprint density at radius 2 is 1.91 bits per heavy atom. The number of nitrogens with one attached hydrogen (secondary N) is 1. The molecule has 35 heavy (non-hydrogen) atoms. The molecule has 182 valence electrons. The number of aromatic hydroxyl groups is 1. The summed E-state index contributed by atoms with van der Waals surface area (Å²) in [4.78, 5) is 9.04. The van der Waals surface area contributed by atoms with Crippen molar-refractivity contribution in [3.63, 3.8) is 0 Å². The van der Waals surface area contributed by atoms with Crippen LogP contribution in [-0.4, -0.2) is 58.4 Å². The molecule has 0 saturated carbocycles. The van der Waals surface area contributed by atoms with Crippen LogP contribution in [0.15, 0.2) is 42.6 Å². The Kier molecular flexibility index (Phi) is 6.20. The summed E-state index contributed by atoms with van der Waals surface area (Å²) in [6.45, 7) is 3.21. The normalized spacial score (nSPS) is 15.8. The van der Waals surface area contributed by atoms with E-state index in [2.05, 4.69) is 25.0 Å². The SMILES string of the molecule is CN1CCN(c2nc(O)c(C(=Cc3ccc(Cl)cc3C(F)(F)F)c3ccc4[nH]ncc4c3)s2)CC1. The maximum Gasteiger partial charge on any atom is 0.417 e. The first-order valence-electron chi connectivity index (χ1n) is 10.8. The second-order valence-electron chi connectivity index (χ2n) is 8.40. The topological polar surface area (TPSA) is 68.3 Å². The average Bonchev–Trinajstić information content (AvgIpc) is 3.44. The van der Waals surface area contributed by atoms with Gasteiger partial charge in [-0.3, -0.25) is 5.10 Å². The lowest BCUT2D eigenvalue weighted by Gasteiger charge is -2.31. The molecule has 0 amide bonds. The second-order valence-corrected chi connectivity index (χ2v) is 9.81. The predicted octanol–water partition coefficient (Wildman–Crippen LogP) is 5.74. The number of rotatable bonds is 4. The third-order valence-electron chi connectivity index (χ3n) is 5.99. The fourth-order valence-corrected chi connectivity index (χ4v) is 5.28. The Hall–Kier alpha value is -3.08. The van der Waals surface area contributed by atoms with Crippen LogP contribution in [0.1, 0.15) is 21.6 Å². The van der Waals surface area contributed by atoms with Crippen molar-refractivity contribution in [2.45, 2.75) is 6.18 Å². The number of thiazole rings is 1. The summed E-state index contributed by atoms with van der Waals surface area (Å²) in [7, 11) is 2.04. The summed E-state index contributed by atoms with van der Waals surface area (Å²) in [5.74, 6) is -0.218. The number of aromatic amines is 1. The molecule has 1 fully saturated rings. The Morgan fingerprint density at radius 1 is 1.14 bits per heavy atom. The number of benzene rings is 2. The number of hydrogen-bond acceptors (Lipinski definition) is 6. The Morgan fingerprint density at radius 3 is 2.66 bits per heavy atom. The predicted molar refractivity (Wildman–Crippen MR) is 133 cm³/mol. The molecular weight excluding hydrogens is 499 g/mol. The largest absolute Gasteiger partial charge is 0.492 e. The van der Waals surface area contributed by atoms with E-state index in [4.69, 9.17) is 11.6 Å². The molecule has 0 atom stereocenters. The van der Waals surface area contributed by atoms with Gasteiger partial charge in [0.25, 0.3) is 0 Å². The van der Waals surface area contributed by atoms with Crippen molar-refractivity contribution in [3.05, 3.63) is 69.2 Å². The van der Waals surface area contributed by atoms with Crippen LogP contribution < -0.4 is 4.90 Å². The molecule has 2 aromatic heterocycles. The van der Waals surface area contributed by atoms with E-state index in [1.54, 1.807) is 18.3 Å². The molecule has 11 heteroatoms. The Bertz CT molecular complexity index is 1410. The number of halogens is 4. The molecule has 0 spiro atoms. The van der Waals surface area contributed by atoms with Gasteiger partial charge in [0.1, 0.15) is 4.88 Å². The van der Waals surface area contributed by atoms with E-state index in [1.165, 1.54) is 29.5 Å². The first-order valence-corrected chi connectivity index (χ1v) is 12.0. The molecular formula is C24H21ClF3N5OS. The monoisotopic (exact) mass is 519 g/mol. The number of nitrogens with zero attached hydrogens (tertiary/aromatic N) is 4. The van der Waals surface area contributed by atoms with Gasteiger partial charge in [0.15, 0.2) is 5.13 Å². The fourth-order valence-electron chi connectivity index (χ4n) is 4.06. The van der Waals surface area contributed by atoms with Crippen LogP contribution in [-0.2, 0) is 6.18 Å². The van der Waals surface area contributed by atoms with Gasteiger partial charge < -0.3 is 14.9 Å². The third kappa shape index (κ3) is 4.86. The van der Waals surface area contributed by atoms with E-state index < -0.39 is 11.7 Å². The number of aromatic nitrogens is 3. The second kappa shape index (κ2) is 9.18. The summed E-state index contributed by atoms with van der Waals surface area (Å²) >= 11 is 7.14. The van der Waals surface area contributed by atoms with Gasteiger partial charge in [0, 0.05) is 42.2 Å². The first-order chi connectivity index (χ1) is 16.7. The quantitative estimate of drug-likeness (QED) is 0.337. The molecule has 0 aliphatic carbocycles. The summed E-state index contributed by atoms with van der Waals surface area (Å²) in [5.41, 5.74) is 0.942. The van der Waals surface area contributed by atoms with Crippen molar-refractivity contribution in [2.75, 3.05) is 38.1 Å². The van der Waals surface area contributed by atoms with Crippen molar-refractivity contribution in [2.24, 2.45) is 0 Å². The molecule has 4 aromatic rings. The molecule has 0 bridgehead atoms. The van der Waals surface area contributed by atoms with Crippen LogP contribution in [0.3, 0.4) is 0 Å². The lowest BCUT2D eigenvalue weighted by atomic mass is 9.98. The highest BCUT2D eigenvalue weighted by Gasteiger charge is 2.33. The molecule has 2 aromatic carbocycles. The minimum atomic E-state index is -4.60. The third-order valence-corrected chi connectivity index (χ3v) is 7.36. The highest BCUT2D eigenvalue weighted by molar-refractivity contribution is 7.17. The van der Waals surface area contributed by atoms with Crippen molar-refractivity contribution in [3.8, 4) is 5.88 Å². The van der Waals surface area contributed by atoms with Crippen molar-refractivity contribution in [1.82, 2.24) is 20.1 Å². The Balaban J connectivity index is 1.66. The lowest BCUT2D eigenvalue weighted by molar-refractivity contribution is -0.137. The maximum atomic E-state index is 13.8. The molecule has 1 saturated heterocycles. The van der Waals surface area contributed by atoms with E-state index >= 15 is 0 Å². The van der Waals surface area contributed by atoms with Crippen LogP contribution in [0.2, 0.25) is 5.02 Å². The number of alkyl halides is 3. The number of likely N-dealkylation sites (N-methyl/N-ethyl adjacent to an activating group) is 1. The van der Waals surface area contributed by atoms with Crippen molar-refractivity contribution < 1.29 is 18.3 Å². The number of H-pyrrole nitrogens is 1. The summed E-state index contributed by atoms with van der Waals surface area (Å²) < 4.78 is 41.5. The van der Waals surface area contributed by atoms with Gasteiger partial charge in [-0.05, 0) is 48.5 Å². The Labute approximate surface area is 208 Å².